The second-order valence-electron chi connectivity index (χ2n) is 4.79. The van der Waals surface area contributed by atoms with Gasteiger partial charge in [0.2, 0.25) is 0 Å². The number of benzene rings is 1. The standard InChI is InChI=1S/C16H13ClN4OS/c1-10(15-3-2-8-23-15)18-21-16(22)14-9-13(19-20-14)11-4-6-12(17)7-5-11/h2-9H,1H3,(H,19,20)(H,21,22). The van der Waals surface area contributed by atoms with Crippen LogP contribution in [0.1, 0.15) is 22.3 Å². The molecule has 0 aliphatic heterocycles. The Labute approximate surface area is 142 Å². The second-order valence-corrected chi connectivity index (χ2v) is 6.17. The van der Waals surface area contributed by atoms with Crippen LogP contribution in [0.2, 0.25) is 5.02 Å². The molecular formula is C16H13ClN4OS. The number of nitrogens with zero attached hydrogens (tertiary/aromatic N) is 2. The minimum absolute atomic E-state index is 0.339. The molecule has 0 fully saturated rings. The zero-order valence-electron chi connectivity index (χ0n) is 12.2. The summed E-state index contributed by atoms with van der Waals surface area (Å²) >= 11 is 7.43. The molecule has 2 aromatic heterocycles. The van der Waals surface area contributed by atoms with Crippen LogP contribution in [0, 0.1) is 0 Å². The molecule has 0 spiro atoms. The summed E-state index contributed by atoms with van der Waals surface area (Å²) in [5, 5.41) is 13.6. The van der Waals surface area contributed by atoms with Crippen molar-refractivity contribution in [2.24, 2.45) is 5.10 Å². The third kappa shape index (κ3) is 3.67. The fourth-order valence-corrected chi connectivity index (χ4v) is 2.74. The average molecular weight is 345 g/mol. The van der Waals surface area contributed by atoms with Gasteiger partial charge in [-0.3, -0.25) is 9.89 Å². The first-order valence-corrected chi connectivity index (χ1v) is 8.09. The van der Waals surface area contributed by atoms with Crippen molar-refractivity contribution in [2.75, 3.05) is 0 Å². The van der Waals surface area contributed by atoms with Gasteiger partial charge in [0.05, 0.1) is 11.4 Å². The van der Waals surface area contributed by atoms with Gasteiger partial charge in [-0.15, -0.1) is 11.3 Å². The number of hydrazone groups is 1. The van der Waals surface area contributed by atoms with E-state index in [2.05, 4.69) is 20.7 Å². The molecule has 0 radical (unpaired) electrons. The monoisotopic (exact) mass is 344 g/mol. The van der Waals surface area contributed by atoms with Crippen molar-refractivity contribution in [3.63, 3.8) is 0 Å². The Morgan fingerprint density at radius 2 is 2.09 bits per heavy atom. The van der Waals surface area contributed by atoms with Crippen molar-refractivity contribution in [3.05, 3.63) is 63.4 Å². The van der Waals surface area contributed by atoms with E-state index in [1.807, 2.05) is 36.6 Å². The van der Waals surface area contributed by atoms with Gasteiger partial charge in [-0.2, -0.15) is 10.2 Å². The minimum Gasteiger partial charge on any atom is -0.272 e. The second kappa shape index (κ2) is 6.76. The summed E-state index contributed by atoms with van der Waals surface area (Å²) in [6.07, 6.45) is 0. The van der Waals surface area contributed by atoms with E-state index in [0.29, 0.717) is 16.4 Å². The van der Waals surface area contributed by atoms with Crippen LogP contribution in [-0.2, 0) is 0 Å². The fourth-order valence-electron chi connectivity index (χ4n) is 1.94. The van der Waals surface area contributed by atoms with Crippen LogP contribution >= 0.6 is 22.9 Å². The largest absolute Gasteiger partial charge is 0.289 e. The number of carbonyl (C=O) groups is 1. The molecule has 0 saturated carbocycles. The maximum Gasteiger partial charge on any atom is 0.289 e. The predicted octanol–water partition coefficient (Wildman–Crippen LogP) is 3.95. The summed E-state index contributed by atoms with van der Waals surface area (Å²) in [4.78, 5) is 13.1. The van der Waals surface area contributed by atoms with Gasteiger partial charge in [0.1, 0.15) is 5.69 Å². The zero-order valence-corrected chi connectivity index (χ0v) is 13.8. The maximum absolute atomic E-state index is 12.1. The molecule has 0 aliphatic carbocycles. The van der Waals surface area contributed by atoms with Crippen molar-refractivity contribution in [2.45, 2.75) is 6.92 Å². The number of hydrogen-bond acceptors (Lipinski definition) is 4. The third-order valence-corrected chi connectivity index (χ3v) is 4.40. The molecule has 3 aromatic rings. The molecule has 0 unspecified atom stereocenters. The first-order valence-electron chi connectivity index (χ1n) is 6.83. The van der Waals surface area contributed by atoms with Crippen LogP contribution < -0.4 is 5.43 Å². The first-order chi connectivity index (χ1) is 11.1. The van der Waals surface area contributed by atoms with Gasteiger partial charge in [0.15, 0.2) is 0 Å². The highest BCUT2D eigenvalue weighted by Crippen LogP contribution is 2.20. The molecule has 2 heterocycles. The molecule has 0 bridgehead atoms. The third-order valence-electron chi connectivity index (χ3n) is 3.17. The van der Waals surface area contributed by atoms with E-state index < -0.39 is 0 Å². The number of nitrogens with one attached hydrogen (secondary N) is 2. The van der Waals surface area contributed by atoms with Gasteiger partial charge in [0.25, 0.3) is 5.91 Å². The number of H-pyrrole nitrogens is 1. The highest BCUT2D eigenvalue weighted by Gasteiger charge is 2.11. The lowest BCUT2D eigenvalue weighted by molar-refractivity contribution is 0.0950. The summed E-state index contributed by atoms with van der Waals surface area (Å²) in [7, 11) is 0. The Morgan fingerprint density at radius 3 is 2.78 bits per heavy atom. The van der Waals surface area contributed by atoms with Crippen LogP contribution in [0.5, 0.6) is 0 Å². The highest BCUT2D eigenvalue weighted by atomic mass is 35.5. The van der Waals surface area contributed by atoms with Crippen LogP contribution in [0.15, 0.2) is 52.9 Å². The smallest absolute Gasteiger partial charge is 0.272 e. The molecule has 5 nitrogen and oxygen atoms in total. The topological polar surface area (TPSA) is 70.1 Å². The van der Waals surface area contributed by atoms with Gasteiger partial charge < -0.3 is 0 Å². The number of thiophene rings is 1. The van der Waals surface area contributed by atoms with Gasteiger partial charge >= 0.3 is 0 Å². The summed E-state index contributed by atoms with van der Waals surface area (Å²) in [6.45, 7) is 1.85. The quantitative estimate of drug-likeness (QED) is 0.555. The van der Waals surface area contributed by atoms with E-state index in [-0.39, 0.29) is 5.91 Å². The van der Waals surface area contributed by atoms with Crippen molar-refractivity contribution < 1.29 is 4.79 Å². The van der Waals surface area contributed by atoms with Crippen molar-refractivity contribution >= 4 is 34.6 Å². The average Bonchev–Trinajstić information content (AvgIpc) is 3.24. The van der Waals surface area contributed by atoms with Crippen molar-refractivity contribution in [3.8, 4) is 11.3 Å². The molecule has 0 atom stereocenters. The molecule has 1 aromatic carbocycles. The lowest BCUT2D eigenvalue weighted by Gasteiger charge is -1.98. The van der Waals surface area contributed by atoms with Crippen LogP contribution in [0.25, 0.3) is 11.3 Å². The van der Waals surface area contributed by atoms with Gasteiger partial charge in [-0.1, -0.05) is 29.8 Å². The molecule has 116 valence electrons. The van der Waals surface area contributed by atoms with Gasteiger partial charge in [0, 0.05) is 15.5 Å². The summed E-state index contributed by atoms with van der Waals surface area (Å²) in [6, 6.07) is 12.8. The Balaban J connectivity index is 1.71. The molecule has 23 heavy (non-hydrogen) atoms. The molecule has 3 rings (SSSR count). The molecule has 1 amide bonds. The maximum atomic E-state index is 12.1. The van der Waals surface area contributed by atoms with E-state index in [1.54, 1.807) is 29.5 Å². The lowest BCUT2D eigenvalue weighted by Crippen LogP contribution is -2.19. The Morgan fingerprint density at radius 1 is 1.30 bits per heavy atom. The Hall–Kier alpha value is -2.44. The number of amides is 1. The summed E-state index contributed by atoms with van der Waals surface area (Å²) in [5.74, 6) is -0.339. The Kier molecular flexibility index (Phi) is 4.55. The number of halogens is 1. The number of hydrogen-bond donors (Lipinski definition) is 2. The molecule has 0 aliphatic rings. The molecule has 7 heteroatoms. The van der Waals surface area contributed by atoms with E-state index in [1.165, 1.54) is 0 Å². The predicted molar refractivity (Wildman–Crippen MR) is 93.0 cm³/mol. The van der Waals surface area contributed by atoms with E-state index in [9.17, 15) is 4.79 Å². The SMILES string of the molecule is CC(=NNC(=O)c1cc(-c2ccc(Cl)cc2)n[nH]1)c1cccs1. The highest BCUT2D eigenvalue weighted by molar-refractivity contribution is 7.12. The number of rotatable bonds is 4. The first kappa shape index (κ1) is 15.5. The normalized spacial score (nSPS) is 11.5. The molecule has 0 saturated heterocycles. The van der Waals surface area contributed by atoms with E-state index in [4.69, 9.17) is 11.6 Å². The number of aromatic amines is 1. The molecular weight excluding hydrogens is 332 g/mol. The summed E-state index contributed by atoms with van der Waals surface area (Å²) < 4.78 is 0. The minimum atomic E-state index is -0.339. The van der Waals surface area contributed by atoms with Crippen molar-refractivity contribution in [1.82, 2.24) is 15.6 Å². The van der Waals surface area contributed by atoms with E-state index >= 15 is 0 Å². The summed E-state index contributed by atoms with van der Waals surface area (Å²) in [5.41, 5.74) is 5.17. The van der Waals surface area contributed by atoms with Crippen LogP contribution in [-0.4, -0.2) is 21.8 Å². The Bertz CT molecular complexity index is 837. The zero-order chi connectivity index (χ0) is 16.2. The van der Waals surface area contributed by atoms with Gasteiger partial charge in [-0.25, -0.2) is 5.43 Å². The lowest BCUT2D eigenvalue weighted by atomic mass is 10.1. The fraction of sp³-hybridized carbons (Fsp3) is 0.0625. The van der Waals surface area contributed by atoms with Gasteiger partial charge in [-0.05, 0) is 36.6 Å². The number of carbonyl (C=O) groups excluding carboxylic acids is 1. The van der Waals surface area contributed by atoms with Crippen LogP contribution in [0.4, 0.5) is 0 Å². The van der Waals surface area contributed by atoms with Crippen molar-refractivity contribution in [1.29, 1.82) is 0 Å². The van der Waals surface area contributed by atoms with E-state index in [0.717, 1.165) is 16.2 Å². The van der Waals surface area contributed by atoms with Crippen LogP contribution in [0.3, 0.4) is 0 Å². The molecule has 2 N–H and O–H groups in total. The number of aromatic nitrogens is 2.